The minimum Gasteiger partial charge on any atom is -0.396 e. The number of hydrogen-bond donors (Lipinski definition) is 1. The van der Waals surface area contributed by atoms with Crippen LogP contribution in [0.15, 0.2) is 22.7 Å². The van der Waals surface area contributed by atoms with E-state index < -0.39 is 5.82 Å². The molecular formula is C13H14ClFN2O2. The average molecular weight is 285 g/mol. The first-order chi connectivity index (χ1) is 9.20. The molecule has 6 heteroatoms. The Kier molecular flexibility index (Phi) is 4.87. The van der Waals surface area contributed by atoms with Crippen LogP contribution in [0.1, 0.15) is 30.1 Å². The molecule has 0 unspecified atom stereocenters. The maximum Gasteiger partial charge on any atom is 0.226 e. The fourth-order valence-electron chi connectivity index (χ4n) is 1.71. The fraction of sp³-hybridized carbons (Fsp3) is 0.385. The van der Waals surface area contributed by atoms with Crippen LogP contribution in [0.25, 0.3) is 0 Å². The molecule has 0 saturated heterocycles. The summed E-state index contributed by atoms with van der Waals surface area (Å²) in [6.45, 7) is 0.148. The molecule has 2 aromatic rings. The highest BCUT2D eigenvalue weighted by molar-refractivity contribution is 6.30. The Bertz CT molecular complexity index is 545. The Balaban J connectivity index is 2.01. The Morgan fingerprint density at radius 1 is 1.32 bits per heavy atom. The zero-order valence-electron chi connectivity index (χ0n) is 10.3. The summed E-state index contributed by atoms with van der Waals surface area (Å²) in [6.07, 6.45) is 2.34. The van der Waals surface area contributed by atoms with E-state index in [1.54, 1.807) is 12.1 Å². The molecule has 0 atom stereocenters. The van der Waals surface area contributed by atoms with Crippen LogP contribution in [0.2, 0.25) is 5.02 Å². The molecule has 1 N–H and O–H groups in total. The van der Waals surface area contributed by atoms with Crippen LogP contribution in [0, 0.1) is 5.82 Å². The van der Waals surface area contributed by atoms with Gasteiger partial charge in [0.2, 0.25) is 5.89 Å². The second-order valence-corrected chi connectivity index (χ2v) is 4.58. The number of aromatic nitrogens is 2. The molecule has 4 nitrogen and oxygen atoms in total. The SMILES string of the molecule is OCCCCc1nc(Cc2cccc(Cl)c2F)no1. The highest BCUT2D eigenvalue weighted by Crippen LogP contribution is 2.19. The lowest BCUT2D eigenvalue weighted by Crippen LogP contribution is -1.96. The van der Waals surface area contributed by atoms with E-state index in [4.69, 9.17) is 21.2 Å². The summed E-state index contributed by atoms with van der Waals surface area (Å²) in [7, 11) is 0. The third-order valence-electron chi connectivity index (χ3n) is 2.69. The number of aliphatic hydroxyl groups is 1. The van der Waals surface area contributed by atoms with Crippen LogP contribution in [-0.4, -0.2) is 21.9 Å². The standard InChI is InChI=1S/C13H14ClFN2O2/c14-10-5-3-4-9(13(10)15)8-11-16-12(19-17-11)6-1-2-7-18/h3-5,18H,1-2,6-8H2. The molecule has 0 aliphatic rings. The van der Waals surface area contributed by atoms with Crippen molar-refractivity contribution in [1.82, 2.24) is 10.1 Å². The smallest absolute Gasteiger partial charge is 0.226 e. The van der Waals surface area contributed by atoms with Crippen LogP contribution >= 0.6 is 11.6 Å². The van der Waals surface area contributed by atoms with Gasteiger partial charge in [-0.05, 0) is 24.5 Å². The minimum absolute atomic E-state index is 0.0872. The van der Waals surface area contributed by atoms with Crippen LogP contribution in [0.3, 0.4) is 0 Å². The van der Waals surface area contributed by atoms with Crippen LogP contribution in [0.5, 0.6) is 0 Å². The summed E-state index contributed by atoms with van der Waals surface area (Å²) in [5, 5.41) is 12.6. The molecule has 102 valence electrons. The molecule has 2 rings (SSSR count). The van der Waals surface area contributed by atoms with Crippen LogP contribution < -0.4 is 0 Å². The summed E-state index contributed by atoms with van der Waals surface area (Å²) in [5.41, 5.74) is 0.440. The average Bonchev–Trinajstić information content (AvgIpc) is 2.83. The maximum atomic E-state index is 13.7. The van der Waals surface area contributed by atoms with E-state index in [1.165, 1.54) is 6.07 Å². The summed E-state index contributed by atoms with van der Waals surface area (Å²) in [4.78, 5) is 4.18. The van der Waals surface area contributed by atoms with Gasteiger partial charge in [-0.3, -0.25) is 0 Å². The lowest BCUT2D eigenvalue weighted by Gasteiger charge is -2.00. The zero-order valence-corrected chi connectivity index (χ0v) is 11.0. The van der Waals surface area contributed by atoms with Crippen molar-refractivity contribution in [2.24, 2.45) is 0 Å². The van der Waals surface area contributed by atoms with E-state index in [0.29, 0.717) is 30.1 Å². The van der Waals surface area contributed by atoms with Crippen LogP contribution in [0.4, 0.5) is 4.39 Å². The monoisotopic (exact) mass is 284 g/mol. The van der Waals surface area contributed by atoms with Gasteiger partial charge in [0, 0.05) is 19.4 Å². The predicted octanol–water partition coefficient (Wildman–Crippen LogP) is 2.77. The molecule has 0 fully saturated rings. The van der Waals surface area contributed by atoms with Gasteiger partial charge in [0.25, 0.3) is 0 Å². The predicted molar refractivity (Wildman–Crippen MR) is 68.5 cm³/mol. The highest BCUT2D eigenvalue weighted by Gasteiger charge is 2.11. The topological polar surface area (TPSA) is 59.2 Å². The van der Waals surface area contributed by atoms with Crippen molar-refractivity contribution in [3.63, 3.8) is 0 Å². The third kappa shape index (κ3) is 3.75. The quantitative estimate of drug-likeness (QED) is 0.829. The first-order valence-electron chi connectivity index (χ1n) is 6.06. The fourth-order valence-corrected chi connectivity index (χ4v) is 1.90. The van der Waals surface area contributed by atoms with Crippen molar-refractivity contribution in [1.29, 1.82) is 0 Å². The van der Waals surface area contributed by atoms with Crippen molar-refractivity contribution in [2.75, 3.05) is 6.61 Å². The van der Waals surface area contributed by atoms with Gasteiger partial charge in [-0.15, -0.1) is 0 Å². The molecular weight excluding hydrogens is 271 g/mol. The minimum atomic E-state index is -0.448. The number of benzene rings is 1. The summed E-state index contributed by atoms with van der Waals surface area (Å²) < 4.78 is 18.8. The van der Waals surface area contributed by atoms with Crippen molar-refractivity contribution in [2.45, 2.75) is 25.7 Å². The van der Waals surface area contributed by atoms with Gasteiger partial charge >= 0.3 is 0 Å². The lowest BCUT2D eigenvalue weighted by molar-refractivity contribution is 0.280. The lowest BCUT2D eigenvalue weighted by atomic mass is 10.1. The van der Waals surface area contributed by atoms with E-state index in [-0.39, 0.29) is 18.1 Å². The van der Waals surface area contributed by atoms with Crippen molar-refractivity contribution in [3.8, 4) is 0 Å². The Labute approximate surface area is 115 Å². The number of aryl methyl sites for hydroxylation is 1. The molecule has 0 radical (unpaired) electrons. The number of aliphatic hydroxyl groups excluding tert-OH is 1. The van der Waals surface area contributed by atoms with E-state index >= 15 is 0 Å². The van der Waals surface area contributed by atoms with Gasteiger partial charge in [-0.2, -0.15) is 4.98 Å². The van der Waals surface area contributed by atoms with Crippen molar-refractivity contribution >= 4 is 11.6 Å². The summed E-state index contributed by atoms with van der Waals surface area (Å²) >= 11 is 5.71. The molecule has 0 bridgehead atoms. The second-order valence-electron chi connectivity index (χ2n) is 4.17. The van der Waals surface area contributed by atoms with Gasteiger partial charge in [0.15, 0.2) is 5.82 Å². The number of rotatable bonds is 6. The van der Waals surface area contributed by atoms with Gasteiger partial charge in [-0.25, -0.2) is 4.39 Å². The molecule has 19 heavy (non-hydrogen) atoms. The molecule has 1 aromatic heterocycles. The molecule has 0 amide bonds. The number of nitrogens with zero attached hydrogens (tertiary/aromatic N) is 2. The Morgan fingerprint density at radius 2 is 2.16 bits per heavy atom. The normalized spacial score (nSPS) is 10.9. The number of hydrogen-bond acceptors (Lipinski definition) is 4. The molecule has 0 saturated carbocycles. The van der Waals surface area contributed by atoms with Crippen molar-refractivity contribution < 1.29 is 14.0 Å². The molecule has 0 aliphatic carbocycles. The van der Waals surface area contributed by atoms with E-state index in [0.717, 1.165) is 6.42 Å². The van der Waals surface area contributed by atoms with E-state index in [1.807, 2.05) is 0 Å². The molecule has 1 heterocycles. The van der Waals surface area contributed by atoms with E-state index in [9.17, 15) is 4.39 Å². The highest BCUT2D eigenvalue weighted by atomic mass is 35.5. The number of halogens is 2. The second kappa shape index (κ2) is 6.63. The molecule has 1 aromatic carbocycles. The maximum absolute atomic E-state index is 13.7. The van der Waals surface area contributed by atoms with Crippen molar-refractivity contribution in [3.05, 3.63) is 46.3 Å². The van der Waals surface area contributed by atoms with Gasteiger partial charge < -0.3 is 9.63 Å². The van der Waals surface area contributed by atoms with Gasteiger partial charge in [0.05, 0.1) is 5.02 Å². The first kappa shape index (κ1) is 14.0. The van der Waals surface area contributed by atoms with Gasteiger partial charge in [0.1, 0.15) is 5.82 Å². The summed E-state index contributed by atoms with van der Waals surface area (Å²) in [5.74, 6) is 0.488. The largest absolute Gasteiger partial charge is 0.396 e. The summed E-state index contributed by atoms with van der Waals surface area (Å²) in [6, 6.07) is 4.82. The van der Waals surface area contributed by atoms with Gasteiger partial charge in [-0.1, -0.05) is 28.9 Å². The number of unbranched alkanes of at least 4 members (excludes halogenated alkanes) is 1. The Morgan fingerprint density at radius 3 is 2.95 bits per heavy atom. The molecule has 0 spiro atoms. The molecule has 0 aliphatic heterocycles. The Hall–Kier alpha value is -1.46. The third-order valence-corrected chi connectivity index (χ3v) is 2.98. The zero-order chi connectivity index (χ0) is 13.7. The van der Waals surface area contributed by atoms with E-state index in [2.05, 4.69) is 10.1 Å². The van der Waals surface area contributed by atoms with Crippen LogP contribution in [-0.2, 0) is 12.8 Å². The first-order valence-corrected chi connectivity index (χ1v) is 6.43.